The lowest BCUT2D eigenvalue weighted by Gasteiger charge is -2.12. The van der Waals surface area contributed by atoms with E-state index in [1.807, 2.05) is 34.5 Å². The van der Waals surface area contributed by atoms with Crippen LogP contribution in [0.1, 0.15) is 46.7 Å². The van der Waals surface area contributed by atoms with Gasteiger partial charge in [0.1, 0.15) is 11.4 Å². The summed E-state index contributed by atoms with van der Waals surface area (Å²) in [6.45, 7) is 4.24. The van der Waals surface area contributed by atoms with Gasteiger partial charge in [-0.25, -0.2) is 4.79 Å². The minimum Gasteiger partial charge on any atom is -0.493 e. The predicted octanol–water partition coefficient (Wildman–Crippen LogP) is 7.13. The van der Waals surface area contributed by atoms with Gasteiger partial charge < -0.3 is 19.1 Å². The summed E-state index contributed by atoms with van der Waals surface area (Å²) in [5.41, 5.74) is 6.19. The van der Waals surface area contributed by atoms with E-state index in [1.54, 1.807) is 0 Å². The summed E-state index contributed by atoms with van der Waals surface area (Å²) in [6, 6.07) is 18.6. The first-order valence-electron chi connectivity index (χ1n) is 13.7. The SMILES string of the molecule is Cc1c2c(nn1C)COCCCCn1c(C(=O)O)c(CCCOc3cccc4cc(I)ccc34)c3cccc-2c31. The third-order valence-corrected chi connectivity index (χ3v) is 8.53. The van der Waals surface area contributed by atoms with Crippen molar-refractivity contribution in [3.05, 3.63) is 80.8 Å². The smallest absolute Gasteiger partial charge is 0.352 e. The van der Waals surface area contributed by atoms with Gasteiger partial charge in [-0.15, -0.1) is 0 Å². The fraction of sp³-hybridized carbons (Fsp3) is 0.312. The van der Waals surface area contributed by atoms with E-state index in [1.165, 1.54) is 3.57 Å². The molecule has 3 heterocycles. The van der Waals surface area contributed by atoms with Gasteiger partial charge in [0, 0.05) is 51.4 Å². The first kappa shape index (κ1) is 26.8. The molecule has 1 N–H and O–H groups in total. The normalized spacial score (nSPS) is 13.8. The van der Waals surface area contributed by atoms with Gasteiger partial charge in [0.2, 0.25) is 0 Å². The average molecular weight is 650 g/mol. The van der Waals surface area contributed by atoms with Crippen LogP contribution >= 0.6 is 22.6 Å². The first-order valence-corrected chi connectivity index (χ1v) is 14.8. The molecule has 0 aliphatic carbocycles. The van der Waals surface area contributed by atoms with Crippen molar-refractivity contribution in [2.75, 3.05) is 13.2 Å². The third kappa shape index (κ3) is 4.88. The lowest BCUT2D eigenvalue weighted by atomic mass is 9.98. The largest absolute Gasteiger partial charge is 0.493 e. The van der Waals surface area contributed by atoms with Crippen LogP contribution in [0.5, 0.6) is 5.75 Å². The zero-order valence-electron chi connectivity index (χ0n) is 22.7. The molecule has 206 valence electrons. The fourth-order valence-corrected chi connectivity index (χ4v) is 6.47. The zero-order valence-corrected chi connectivity index (χ0v) is 24.9. The van der Waals surface area contributed by atoms with Crippen molar-refractivity contribution in [3.8, 4) is 16.9 Å². The van der Waals surface area contributed by atoms with E-state index in [0.29, 0.717) is 44.9 Å². The van der Waals surface area contributed by atoms with E-state index >= 15 is 0 Å². The maximum Gasteiger partial charge on any atom is 0.352 e. The van der Waals surface area contributed by atoms with Gasteiger partial charge in [0.15, 0.2) is 0 Å². The highest BCUT2D eigenvalue weighted by atomic mass is 127. The standard InChI is InChI=1S/C32H32IN3O4/c1-20-29-26-10-6-9-24-25(11-7-17-40-28-12-5-8-21-18-22(33)13-14-23(21)28)31(32(37)38)36(30(24)26)15-3-4-16-39-19-27(29)34-35(20)2/h5-6,8-10,12-14,18H,3-4,7,11,15-17,19H2,1-2H3,(H,37,38). The molecule has 1 aliphatic heterocycles. The van der Waals surface area contributed by atoms with Crippen molar-refractivity contribution in [1.29, 1.82) is 0 Å². The number of benzene rings is 3. The predicted molar refractivity (Wildman–Crippen MR) is 165 cm³/mol. The van der Waals surface area contributed by atoms with E-state index in [2.05, 4.69) is 65.9 Å². The molecule has 0 bridgehead atoms. The number of fused-ring (bicyclic) bond motifs is 3. The molecule has 0 atom stereocenters. The number of carbonyl (C=O) groups is 1. The molecule has 0 radical (unpaired) electrons. The van der Waals surface area contributed by atoms with Crippen LogP contribution in [0.25, 0.3) is 32.8 Å². The Morgan fingerprint density at radius 1 is 1.12 bits per heavy atom. The number of aromatic nitrogens is 3. The average Bonchev–Trinajstić information content (AvgIpc) is 3.40. The Morgan fingerprint density at radius 2 is 1.98 bits per heavy atom. The number of halogens is 1. The second-order valence-corrected chi connectivity index (χ2v) is 11.6. The topological polar surface area (TPSA) is 78.5 Å². The molecule has 0 fully saturated rings. The van der Waals surface area contributed by atoms with Crippen molar-refractivity contribution in [2.24, 2.45) is 7.05 Å². The second kappa shape index (κ2) is 11.2. The van der Waals surface area contributed by atoms with E-state index in [4.69, 9.17) is 14.6 Å². The number of para-hydroxylation sites is 1. The Hall–Kier alpha value is -3.37. The molecular weight excluding hydrogens is 617 g/mol. The number of hydrogen-bond acceptors (Lipinski definition) is 4. The number of rotatable bonds is 6. The highest BCUT2D eigenvalue weighted by molar-refractivity contribution is 14.1. The molecule has 7 nitrogen and oxygen atoms in total. The van der Waals surface area contributed by atoms with E-state index in [-0.39, 0.29) is 0 Å². The Bertz CT molecular complexity index is 1740. The van der Waals surface area contributed by atoms with Gasteiger partial charge in [-0.1, -0.05) is 30.3 Å². The number of ether oxygens (including phenoxy) is 2. The van der Waals surface area contributed by atoms with Crippen molar-refractivity contribution >= 4 is 50.2 Å². The highest BCUT2D eigenvalue weighted by Gasteiger charge is 2.27. The fourth-order valence-electron chi connectivity index (χ4n) is 5.96. The second-order valence-electron chi connectivity index (χ2n) is 10.3. The van der Waals surface area contributed by atoms with Gasteiger partial charge in [-0.2, -0.15) is 5.10 Å². The molecule has 6 rings (SSSR count). The van der Waals surface area contributed by atoms with Crippen molar-refractivity contribution < 1.29 is 19.4 Å². The summed E-state index contributed by atoms with van der Waals surface area (Å²) < 4.78 is 17.3. The Balaban J connectivity index is 1.38. The summed E-state index contributed by atoms with van der Waals surface area (Å²) in [5.74, 6) is -0.0377. The van der Waals surface area contributed by atoms with Crippen LogP contribution in [-0.4, -0.2) is 38.6 Å². The Kier molecular flexibility index (Phi) is 7.55. The molecule has 0 spiro atoms. The molecule has 1 aliphatic rings. The quantitative estimate of drug-likeness (QED) is 0.157. The minimum absolute atomic E-state index is 0.380. The number of hydrogen-bond donors (Lipinski definition) is 1. The van der Waals surface area contributed by atoms with Crippen LogP contribution in [0.15, 0.2) is 54.6 Å². The van der Waals surface area contributed by atoms with Gasteiger partial charge in [-0.3, -0.25) is 4.68 Å². The number of carboxylic acids is 1. The van der Waals surface area contributed by atoms with Crippen molar-refractivity contribution in [2.45, 2.75) is 45.8 Å². The molecule has 5 aromatic rings. The van der Waals surface area contributed by atoms with Gasteiger partial charge in [-0.05, 0) is 90.4 Å². The summed E-state index contributed by atoms with van der Waals surface area (Å²) in [6.07, 6.45) is 3.01. The molecule has 0 saturated carbocycles. The molecule has 40 heavy (non-hydrogen) atoms. The van der Waals surface area contributed by atoms with Crippen molar-refractivity contribution in [3.63, 3.8) is 0 Å². The molecular formula is C32H32IN3O4. The summed E-state index contributed by atoms with van der Waals surface area (Å²) in [5, 5.41) is 18.4. The van der Waals surface area contributed by atoms with Crippen molar-refractivity contribution in [1.82, 2.24) is 14.3 Å². The maximum absolute atomic E-state index is 12.8. The van der Waals surface area contributed by atoms with Crippen LogP contribution in [0.3, 0.4) is 0 Å². The summed E-state index contributed by atoms with van der Waals surface area (Å²) in [7, 11) is 1.94. The van der Waals surface area contributed by atoms with Crippen LogP contribution in [0, 0.1) is 10.5 Å². The third-order valence-electron chi connectivity index (χ3n) is 7.86. The summed E-state index contributed by atoms with van der Waals surface area (Å²) >= 11 is 2.32. The van der Waals surface area contributed by atoms with Crippen LogP contribution in [0.2, 0.25) is 0 Å². The summed E-state index contributed by atoms with van der Waals surface area (Å²) in [4.78, 5) is 12.8. The Morgan fingerprint density at radius 3 is 2.83 bits per heavy atom. The Labute approximate surface area is 246 Å². The lowest BCUT2D eigenvalue weighted by Crippen LogP contribution is -2.12. The lowest BCUT2D eigenvalue weighted by molar-refractivity contribution is 0.0683. The molecule has 2 aromatic heterocycles. The van der Waals surface area contributed by atoms with Crippen LogP contribution in [-0.2, 0) is 31.4 Å². The number of carboxylic acid groups (broad SMARTS) is 1. The number of aromatic carboxylic acids is 1. The molecule has 3 aromatic carbocycles. The van der Waals surface area contributed by atoms with Crippen LogP contribution in [0.4, 0.5) is 0 Å². The molecule has 8 heteroatoms. The minimum atomic E-state index is -0.893. The first-order chi connectivity index (χ1) is 19.4. The molecule has 0 unspecified atom stereocenters. The maximum atomic E-state index is 12.8. The zero-order chi connectivity index (χ0) is 27.8. The van der Waals surface area contributed by atoms with Gasteiger partial charge >= 0.3 is 5.97 Å². The highest BCUT2D eigenvalue weighted by Crippen LogP contribution is 2.39. The van der Waals surface area contributed by atoms with Gasteiger partial charge in [0.05, 0.1) is 24.4 Å². The molecule has 0 saturated heterocycles. The molecule has 0 amide bonds. The van der Waals surface area contributed by atoms with Gasteiger partial charge in [0.25, 0.3) is 0 Å². The van der Waals surface area contributed by atoms with E-state index < -0.39 is 5.97 Å². The monoisotopic (exact) mass is 649 g/mol. The number of aryl methyl sites for hydroxylation is 3. The number of nitrogens with zero attached hydrogens (tertiary/aromatic N) is 3. The van der Waals surface area contributed by atoms with E-state index in [0.717, 1.165) is 68.3 Å². The van der Waals surface area contributed by atoms with Crippen LogP contribution < -0.4 is 4.74 Å². The van der Waals surface area contributed by atoms with E-state index in [9.17, 15) is 9.90 Å².